The van der Waals surface area contributed by atoms with Crippen LogP contribution in [0.25, 0.3) is 11.4 Å². The summed E-state index contributed by atoms with van der Waals surface area (Å²) in [7, 11) is 0. The molecule has 0 saturated carbocycles. The van der Waals surface area contributed by atoms with Crippen LogP contribution in [0.2, 0.25) is 0 Å². The van der Waals surface area contributed by atoms with Crippen LogP contribution >= 0.6 is 12.2 Å². The van der Waals surface area contributed by atoms with Gasteiger partial charge in [0.05, 0.1) is 12.4 Å². The zero-order chi connectivity index (χ0) is 13.9. The van der Waals surface area contributed by atoms with Gasteiger partial charge in [-0.1, -0.05) is 30.3 Å². The minimum Gasteiger partial charge on any atom is -0.282 e. The number of aromatic amines is 2. The van der Waals surface area contributed by atoms with Crippen molar-refractivity contribution in [2.24, 2.45) is 5.10 Å². The second-order valence-corrected chi connectivity index (χ2v) is 4.61. The number of rotatable bonds is 3. The Morgan fingerprint density at radius 2 is 2.05 bits per heavy atom. The third kappa shape index (κ3) is 2.30. The molecule has 2 aromatic heterocycles. The van der Waals surface area contributed by atoms with Gasteiger partial charge in [0.15, 0.2) is 5.82 Å². The molecule has 2 N–H and O–H groups in total. The molecular formula is C13H12N6S. The van der Waals surface area contributed by atoms with Gasteiger partial charge in [0, 0.05) is 16.8 Å². The molecule has 0 aliphatic carbocycles. The van der Waals surface area contributed by atoms with Crippen LogP contribution in [0.3, 0.4) is 0 Å². The first-order chi connectivity index (χ1) is 9.75. The molecule has 0 radical (unpaired) electrons. The number of aryl methyl sites for hydroxylation is 1. The molecule has 1 aromatic carbocycles. The van der Waals surface area contributed by atoms with Crippen molar-refractivity contribution in [3.8, 4) is 11.4 Å². The maximum Gasteiger partial charge on any atom is 0.216 e. The molecule has 0 aliphatic rings. The van der Waals surface area contributed by atoms with Crippen molar-refractivity contribution in [1.82, 2.24) is 25.1 Å². The lowest BCUT2D eigenvalue weighted by Crippen LogP contribution is -1.95. The van der Waals surface area contributed by atoms with Crippen LogP contribution in [-0.4, -0.2) is 31.3 Å². The molecule has 6 nitrogen and oxygen atoms in total. The summed E-state index contributed by atoms with van der Waals surface area (Å²) >= 11 is 5.21. The predicted octanol–water partition coefficient (Wildman–Crippen LogP) is 2.52. The Hall–Kier alpha value is -2.54. The van der Waals surface area contributed by atoms with Gasteiger partial charge in [-0.3, -0.25) is 5.10 Å². The molecule has 2 heterocycles. The van der Waals surface area contributed by atoms with Gasteiger partial charge in [0.25, 0.3) is 0 Å². The number of nitrogens with zero attached hydrogens (tertiary/aromatic N) is 4. The average molecular weight is 284 g/mol. The highest BCUT2D eigenvalue weighted by Crippen LogP contribution is 2.16. The van der Waals surface area contributed by atoms with Gasteiger partial charge in [-0.2, -0.15) is 20.0 Å². The van der Waals surface area contributed by atoms with E-state index >= 15 is 0 Å². The summed E-state index contributed by atoms with van der Waals surface area (Å²) in [6.07, 6.45) is 3.42. The molecule has 0 unspecified atom stereocenters. The SMILES string of the molecule is Cc1[nH]ncc1/C=N/n1c(-c2ccccc2)n[nH]c1=S. The molecule has 0 saturated heterocycles. The van der Waals surface area contributed by atoms with Crippen molar-refractivity contribution < 1.29 is 0 Å². The lowest BCUT2D eigenvalue weighted by atomic mass is 10.2. The molecule has 0 aliphatic heterocycles. The summed E-state index contributed by atoms with van der Waals surface area (Å²) < 4.78 is 2.04. The summed E-state index contributed by atoms with van der Waals surface area (Å²) in [5.41, 5.74) is 2.80. The lowest BCUT2D eigenvalue weighted by molar-refractivity contribution is 0.871. The number of hydrogen-bond acceptors (Lipinski definition) is 4. The fourth-order valence-electron chi connectivity index (χ4n) is 1.78. The zero-order valence-corrected chi connectivity index (χ0v) is 11.6. The molecule has 0 fully saturated rings. The van der Waals surface area contributed by atoms with E-state index in [1.165, 1.54) is 0 Å². The van der Waals surface area contributed by atoms with E-state index in [1.54, 1.807) is 17.1 Å². The number of aromatic nitrogens is 5. The van der Waals surface area contributed by atoms with Gasteiger partial charge >= 0.3 is 0 Å². The van der Waals surface area contributed by atoms with Crippen LogP contribution in [-0.2, 0) is 0 Å². The van der Waals surface area contributed by atoms with E-state index in [9.17, 15) is 0 Å². The summed E-state index contributed by atoms with van der Waals surface area (Å²) in [5, 5.41) is 18.2. The minimum atomic E-state index is 0.446. The molecule has 20 heavy (non-hydrogen) atoms. The quantitative estimate of drug-likeness (QED) is 0.573. The van der Waals surface area contributed by atoms with Gasteiger partial charge in [-0.15, -0.1) is 0 Å². The summed E-state index contributed by atoms with van der Waals surface area (Å²) in [5.74, 6) is 0.674. The molecular weight excluding hydrogens is 272 g/mol. The third-order valence-electron chi connectivity index (χ3n) is 2.86. The van der Waals surface area contributed by atoms with Crippen molar-refractivity contribution in [3.05, 3.63) is 52.6 Å². The molecule has 3 rings (SSSR count). The fourth-order valence-corrected chi connectivity index (χ4v) is 1.96. The van der Waals surface area contributed by atoms with E-state index in [0.717, 1.165) is 16.8 Å². The number of benzene rings is 1. The van der Waals surface area contributed by atoms with Gasteiger partial charge < -0.3 is 0 Å². The first-order valence-corrected chi connectivity index (χ1v) is 6.43. The molecule has 0 spiro atoms. The molecule has 0 bridgehead atoms. The highest BCUT2D eigenvalue weighted by Gasteiger charge is 2.07. The third-order valence-corrected chi connectivity index (χ3v) is 3.13. The molecule has 7 heteroatoms. The maximum absolute atomic E-state index is 5.21. The molecule has 100 valence electrons. The Kier molecular flexibility index (Phi) is 3.26. The Morgan fingerprint density at radius 1 is 1.25 bits per heavy atom. The lowest BCUT2D eigenvalue weighted by Gasteiger charge is -1.99. The predicted molar refractivity (Wildman–Crippen MR) is 79.2 cm³/mol. The van der Waals surface area contributed by atoms with Crippen molar-refractivity contribution in [2.45, 2.75) is 6.92 Å². The highest BCUT2D eigenvalue weighted by atomic mass is 32.1. The topological polar surface area (TPSA) is 74.7 Å². The zero-order valence-electron chi connectivity index (χ0n) is 10.7. The van der Waals surface area contributed by atoms with Crippen molar-refractivity contribution in [2.75, 3.05) is 0 Å². The number of H-pyrrole nitrogens is 2. The van der Waals surface area contributed by atoms with E-state index in [-0.39, 0.29) is 0 Å². The normalized spacial score (nSPS) is 11.2. The minimum absolute atomic E-state index is 0.446. The number of nitrogens with one attached hydrogen (secondary N) is 2. The van der Waals surface area contributed by atoms with Crippen molar-refractivity contribution >= 4 is 18.4 Å². The summed E-state index contributed by atoms with van der Waals surface area (Å²) in [6.45, 7) is 1.93. The molecule has 3 aromatic rings. The van der Waals surface area contributed by atoms with Crippen LogP contribution < -0.4 is 0 Å². The average Bonchev–Trinajstić information content (AvgIpc) is 3.04. The Morgan fingerprint density at radius 3 is 2.75 bits per heavy atom. The van der Waals surface area contributed by atoms with E-state index in [2.05, 4.69) is 25.5 Å². The van der Waals surface area contributed by atoms with Crippen LogP contribution in [0.1, 0.15) is 11.3 Å². The standard InChI is InChI=1S/C13H12N6S/c1-9-11(7-14-16-9)8-15-19-12(17-18-13(19)20)10-5-3-2-4-6-10/h2-8H,1H3,(H,14,16)(H,18,20)/b15-8+. The van der Waals surface area contributed by atoms with Crippen LogP contribution in [0, 0.1) is 11.7 Å². The van der Waals surface area contributed by atoms with Crippen LogP contribution in [0.4, 0.5) is 0 Å². The first kappa shape index (κ1) is 12.5. The summed E-state index contributed by atoms with van der Waals surface area (Å²) in [6, 6.07) is 9.76. The highest BCUT2D eigenvalue weighted by molar-refractivity contribution is 7.71. The Labute approximate surface area is 120 Å². The molecule has 0 amide bonds. The van der Waals surface area contributed by atoms with Crippen LogP contribution in [0.15, 0.2) is 41.6 Å². The van der Waals surface area contributed by atoms with Gasteiger partial charge in [-0.25, -0.2) is 5.10 Å². The van der Waals surface area contributed by atoms with Gasteiger partial charge in [0.2, 0.25) is 4.77 Å². The Bertz CT molecular complexity index is 796. The van der Waals surface area contributed by atoms with E-state index < -0.39 is 0 Å². The second-order valence-electron chi connectivity index (χ2n) is 4.23. The maximum atomic E-state index is 5.21. The van der Waals surface area contributed by atoms with Crippen molar-refractivity contribution in [3.63, 3.8) is 0 Å². The van der Waals surface area contributed by atoms with Gasteiger partial charge in [-0.05, 0) is 19.1 Å². The van der Waals surface area contributed by atoms with E-state index in [0.29, 0.717) is 10.6 Å². The van der Waals surface area contributed by atoms with Crippen molar-refractivity contribution in [1.29, 1.82) is 0 Å². The second kappa shape index (κ2) is 5.22. The monoisotopic (exact) mass is 284 g/mol. The van der Waals surface area contributed by atoms with E-state index in [1.807, 2.05) is 37.3 Å². The van der Waals surface area contributed by atoms with Gasteiger partial charge in [0.1, 0.15) is 0 Å². The largest absolute Gasteiger partial charge is 0.282 e. The summed E-state index contributed by atoms with van der Waals surface area (Å²) in [4.78, 5) is 0. The Balaban J connectivity index is 2.03. The smallest absolute Gasteiger partial charge is 0.216 e. The van der Waals surface area contributed by atoms with Crippen LogP contribution in [0.5, 0.6) is 0 Å². The fraction of sp³-hybridized carbons (Fsp3) is 0.0769. The first-order valence-electron chi connectivity index (χ1n) is 6.03. The molecule has 0 atom stereocenters. The number of hydrogen-bond donors (Lipinski definition) is 2. The van der Waals surface area contributed by atoms with E-state index in [4.69, 9.17) is 12.2 Å².